The van der Waals surface area contributed by atoms with Gasteiger partial charge in [-0.3, -0.25) is 4.99 Å². The Morgan fingerprint density at radius 2 is 1.71 bits per heavy atom. The lowest BCUT2D eigenvalue weighted by molar-refractivity contribution is 0.0268. The number of hydrogen-bond acceptors (Lipinski definition) is 2. The van der Waals surface area contributed by atoms with Crippen molar-refractivity contribution in [2.75, 3.05) is 20.7 Å². The van der Waals surface area contributed by atoms with E-state index in [4.69, 9.17) is 4.74 Å². The fraction of sp³-hybridized carbons (Fsp3) is 0.588. The average Bonchev–Trinajstić information content (AvgIpc) is 2.41. The van der Waals surface area contributed by atoms with Crippen molar-refractivity contribution in [3.8, 4) is 0 Å². The highest BCUT2D eigenvalue weighted by Crippen LogP contribution is 2.16. The summed E-state index contributed by atoms with van der Waals surface area (Å²) in [6.45, 7) is 12.0. The summed E-state index contributed by atoms with van der Waals surface area (Å²) >= 11 is 0. The van der Waals surface area contributed by atoms with Gasteiger partial charge in [0, 0.05) is 27.2 Å². The Morgan fingerprint density at radius 1 is 1.14 bits per heavy atom. The van der Waals surface area contributed by atoms with Gasteiger partial charge >= 0.3 is 0 Å². The standard InChI is InChI=1S/C17H29N3O/c1-12-8-13(2)15(14(3)9-12)10-19-16(18-6)20-11-17(4,5)21-7/h8-9H,10-11H2,1-7H3,(H2,18,19,20). The molecule has 0 atom stereocenters. The Morgan fingerprint density at radius 3 is 2.19 bits per heavy atom. The van der Waals surface area contributed by atoms with Crippen molar-refractivity contribution in [3.05, 3.63) is 34.4 Å². The highest BCUT2D eigenvalue weighted by Gasteiger charge is 2.16. The second-order valence-corrected chi connectivity index (χ2v) is 6.12. The first kappa shape index (κ1) is 17.5. The smallest absolute Gasteiger partial charge is 0.191 e. The van der Waals surface area contributed by atoms with Gasteiger partial charge in [-0.25, -0.2) is 0 Å². The van der Waals surface area contributed by atoms with Gasteiger partial charge in [0.15, 0.2) is 5.96 Å². The van der Waals surface area contributed by atoms with Crippen LogP contribution in [-0.2, 0) is 11.3 Å². The Hall–Kier alpha value is -1.55. The SMILES string of the molecule is CN=C(NCc1c(C)cc(C)cc1C)NCC(C)(C)OC. The van der Waals surface area contributed by atoms with Crippen molar-refractivity contribution in [1.82, 2.24) is 10.6 Å². The van der Waals surface area contributed by atoms with E-state index >= 15 is 0 Å². The maximum atomic E-state index is 5.40. The minimum atomic E-state index is -0.215. The number of guanidine groups is 1. The molecule has 0 aliphatic rings. The van der Waals surface area contributed by atoms with Crippen LogP contribution in [0.2, 0.25) is 0 Å². The zero-order valence-corrected chi connectivity index (χ0v) is 14.4. The van der Waals surface area contributed by atoms with E-state index in [1.807, 2.05) is 13.8 Å². The fourth-order valence-corrected chi connectivity index (χ4v) is 2.25. The summed E-state index contributed by atoms with van der Waals surface area (Å²) in [5.74, 6) is 0.791. The molecule has 0 spiro atoms. The van der Waals surface area contributed by atoms with Gasteiger partial charge in [0.2, 0.25) is 0 Å². The number of nitrogens with one attached hydrogen (secondary N) is 2. The summed E-state index contributed by atoms with van der Waals surface area (Å²) in [4.78, 5) is 4.26. The van der Waals surface area contributed by atoms with E-state index in [1.165, 1.54) is 22.3 Å². The summed E-state index contributed by atoms with van der Waals surface area (Å²) in [6, 6.07) is 4.43. The number of rotatable bonds is 5. The molecule has 0 unspecified atom stereocenters. The molecule has 4 heteroatoms. The number of aryl methyl sites for hydroxylation is 3. The van der Waals surface area contributed by atoms with Gasteiger partial charge in [-0.05, 0) is 51.3 Å². The van der Waals surface area contributed by atoms with Crippen molar-refractivity contribution in [1.29, 1.82) is 0 Å². The Kier molecular flexibility index (Phi) is 6.21. The molecule has 0 radical (unpaired) electrons. The topological polar surface area (TPSA) is 45.7 Å². The van der Waals surface area contributed by atoms with E-state index in [0.717, 1.165) is 12.5 Å². The van der Waals surface area contributed by atoms with Crippen molar-refractivity contribution < 1.29 is 4.74 Å². The zero-order chi connectivity index (χ0) is 16.0. The van der Waals surface area contributed by atoms with E-state index in [-0.39, 0.29) is 5.60 Å². The first-order chi connectivity index (χ1) is 9.79. The largest absolute Gasteiger partial charge is 0.377 e. The van der Waals surface area contributed by atoms with Crippen LogP contribution in [0, 0.1) is 20.8 Å². The van der Waals surface area contributed by atoms with Crippen molar-refractivity contribution in [2.24, 2.45) is 4.99 Å². The van der Waals surface area contributed by atoms with Crippen LogP contribution in [0.25, 0.3) is 0 Å². The van der Waals surface area contributed by atoms with Gasteiger partial charge in [0.25, 0.3) is 0 Å². The highest BCUT2D eigenvalue weighted by atomic mass is 16.5. The molecule has 0 saturated heterocycles. The molecule has 0 saturated carbocycles. The summed E-state index contributed by atoms with van der Waals surface area (Å²) < 4.78 is 5.40. The number of nitrogens with zero attached hydrogens (tertiary/aromatic N) is 1. The van der Waals surface area contributed by atoms with Crippen LogP contribution in [0.15, 0.2) is 17.1 Å². The Labute approximate surface area is 129 Å². The average molecular weight is 291 g/mol. The number of methoxy groups -OCH3 is 1. The third kappa shape index (κ3) is 5.38. The third-order valence-corrected chi connectivity index (χ3v) is 3.73. The minimum Gasteiger partial charge on any atom is -0.377 e. The number of benzene rings is 1. The van der Waals surface area contributed by atoms with Crippen molar-refractivity contribution in [2.45, 2.75) is 46.8 Å². The van der Waals surface area contributed by atoms with Gasteiger partial charge in [0.1, 0.15) is 0 Å². The van der Waals surface area contributed by atoms with Gasteiger partial charge in [0.05, 0.1) is 5.60 Å². The maximum Gasteiger partial charge on any atom is 0.191 e. The van der Waals surface area contributed by atoms with Crippen LogP contribution < -0.4 is 10.6 Å². The number of hydrogen-bond donors (Lipinski definition) is 2. The van der Waals surface area contributed by atoms with Crippen LogP contribution in [0.4, 0.5) is 0 Å². The Balaban J connectivity index is 2.65. The summed E-state index contributed by atoms with van der Waals surface area (Å²) in [7, 11) is 3.50. The first-order valence-corrected chi connectivity index (χ1v) is 7.35. The maximum absolute atomic E-state index is 5.40. The second kappa shape index (κ2) is 7.46. The lowest BCUT2D eigenvalue weighted by Crippen LogP contribution is -2.45. The zero-order valence-electron chi connectivity index (χ0n) is 14.4. The molecule has 21 heavy (non-hydrogen) atoms. The van der Waals surface area contributed by atoms with Crippen LogP contribution in [0.3, 0.4) is 0 Å². The second-order valence-electron chi connectivity index (χ2n) is 6.12. The molecule has 118 valence electrons. The van der Waals surface area contributed by atoms with E-state index in [0.29, 0.717) is 6.54 Å². The van der Waals surface area contributed by atoms with Gasteiger partial charge < -0.3 is 15.4 Å². The third-order valence-electron chi connectivity index (χ3n) is 3.73. The van der Waals surface area contributed by atoms with Crippen LogP contribution in [0.1, 0.15) is 36.1 Å². The first-order valence-electron chi connectivity index (χ1n) is 7.35. The molecule has 0 heterocycles. The van der Waals surface area contributed by atoms with Gasteiger partial charge in [-0.1, -0.05) is 17.7 Å². The lowest BCUT2D eigenvalue weighted by Gasteiger charge is -2.24. The van der Waals surface area contributed by atoms with Crippen molar-refractivity contribution in [3.63, 3.8) is 0 Å². The van der Waals surface area contributed by atoms with E-state index < -0.39 is 0 Å². The summed E-state index contributed by atoms with van der Waals surface area (Å²) in [5.41, 5.74) is 5.04. The van der Waals surface area contributed by atoms with Crippen molar-refractivity contribution >= 4 is 5.96 Å². The summed E-state index contributed by atoms with van der Waals surface area (Å²) in [6.07, 6.45) is 0. The molecule has 1 rings (SSSR count). The normalized spacial score (nSPS) is 12.4. The molecule has 0 fully saturated rings. The predicted octanol–water partition coefficient (Wildman–Crippen LogP) is 2.70. The molecular weight excluding hydrogens is 262 g/mol. The lowest BCUT2D eigenvalue weighted by atomic mass is 10.00. The quantitative estimate of drug-likeness (QED) is 0.647. The van der Waals surface area contributed by atoms with Crippen LogP contribution in [0.5, 0.6) is 0 Å². The van der Waals surface area contributed by atoms with Crippen LogP contribution in [-0.4, -0.2) is 32.3 Å². The molecule has 2 N–H and O–H groups in total. The minimum absolute atomic E-state index is 0.215. The number of aliphatic imine (C=N–C) groups is 1. The monoisotopic (exact) mass is 291 g/mol. The number of ether oxygens (including phenoxy) is 1. The molecule has 4 nitrogen and oxygen atoms in total. The van der Waals surface area contributed by atoms with Gasteiger partial charge in [-0.15, -0.1) is 0 Å². The van der Waals surface area contributed by atoms with E-state index in [9.17, 15) is 0 Å². The molecule has 0 bridgehead atoms. The van der Waals surface area contributed by atoms with E-state index in [1.54, 1.807) is 14.2 Å². The molecule has 1 aromatic carbocycles. The molecular formula is C17H29N3O. The molecule has 0 amide bonds. The fourth-order valence-electron chi connectivity index (χ4n) is 2.25. The highest BCUT2D eigenvalue weighted by molar-refractivity contribution is 5.79. The van der Waals surface area contributed by atoms with Gasteiger partial charge in [-0.2, -0.15) is 0 Å². The summed E-state index contributed by atoms with van der Waals surface area (Å²) in [5, 5.41) is 6.66. The predicted molar refractivity (Wildman–Crippen MR) is 89.9 cm³/mol. The van der Waals surface area contributed by atoms with E-state index in [2.05, 4.69) is 48.5 Å². The van der Waals surface area contributed by atoms with Crippen LogP contribution >= 0.6 is 0 Å². The molecule has 0 aromatic heterocycles. The molecule has 0 aliphatic heterocycles. The Bertz CT molecular complexity index is 484. The molecule has 0 aliphatic carbocycles. The molecule has 1 aromatic rings.